The van der Waals surface area contributed by atoms with Crippen LogP contribution in [0.3, 0.4) is 0 Å². The Hall–Kier alpha value is -1.62. The fourth-order valence-corrected chi connectivity index (χ4v) is 2.02. The third-order valence-electron chi connectivity index (χ3n) is 3.38. The number of hydrogen-bond donors (Lipinski definition) is 0. The molecule has 0 unspecified atom stereocenters. The van der Waals surface area contributed by atoms with Crippen molar-refractivity contribution >= 4 is 5.91 Å². The standard InChI is InChI=1S/C14H20N2O3/c1-15-7-3-4-12(13(15)17)14(18)16(8-9-19-2)10-11-5-6-11/h3-4,7,11H,5-6,8-10H2,1-2H3. The van der Waals surface area contributed by atoms with Crippen LogP contribution in [0.2, 0.25) is 0 Å². The van der Waals surface area contributed by atoms with Crippen LogP contribution in [0.4, 0.5) is 0 Å². The minimum absolute atomic E-state index is 0.190. The van der Waals surface area contributed by atoms with Crippen molar-refractivity contribution in [3.05, 3.63) is 34.2 Å². The number of methoxy groups -OCH3 is 1. The van der Waals surface area contributed by atoms with Crippen molar-refractivity contribution in [1.29, 1.82) is 0 Å². The summed E-state index contributed by atoms with van der Waals surface area (Å²) in [5, 5.41) is 0. The average molecular weight is 264 g/mol. The van der Waals surface area contributed by atoms with Gasteiger partial charge >= 0.3 is 0 Å². The first-order valence-corrected chi connectivity index (χ1v) is 6.57. The second-order valence-electron chi connectivity index (χ2n) is 5.03. The summed E-state index contributed by atoms with van der Waals surface area (Å²) in [6.07, 6.45) is 3.99. The van der Waals surface area contributed by atoms with Gasteiger partial charge < -0.3 is 14.2 Å². The van der Waals surface area contributed by atoms with Crippen molar-refractivity contribution in [2.75, 3.05) is 26.8 Å². The predicted octanol–water partition coefficient (Wildman–Crippen LogP) is 0.884. The summed E-state index contributed by atoms with van der Waals surface area (Å²) in [4.78, 5) is 26.2. The highest BCUT2D eigenvalue weighted by Gasteiger charge is 2.28. The number of hydrogen-bond acceptors (Lipinski definition) is 3. The van der Waals surface area contributed by atoms with Crippen LogP contribution >= 0.6 is 0 Å². The Balaban J connectivity index is 2.17. The molecule has 2 rings (SSSR count). The van der Waals surface area contributed by atoms with E-state index in [1.807, 2.05) is 0 Å². The van der Waals surface area contributed by atoms with Crippen molar-refractivity contribution in [2.24, 2.45) is 13.0 Å². The molecular weight excluding hydrogens is 244 g/mol. The lowest BCUT2D eigenvalue weighted by atomic mass is 10.2. The summed E-state index contributed by atoms with van der Waals surface area (Å²) >= 11 is 0. The van der Waals surface area contributed by atoms with Gasteiger partial charge in [0.2, 0.25) is 0 Å². The lowest BCUT2D eigenvalue weighted by Gasteiger charge is -2.22. The number of aromatic nitrogens is 1. The van der Waals surface area contributed by atoms with E-state index in [9.17, 15) is 9.59 Å². The zero-order valence-electron chi connectivity index (χ0n) is 11.5. The van der Waals surface area contributed by atoms with E-state index < -0.39 is 0 Å². The molecule has 1 heterocycles. The summed E-state index contributed by atoms with van der Waals surface area (Å²) in [5.41, 5.74) is -0.00698. The summed E-state index contributed by atoms with van der Waals surface area (Å²) in [7, 11) is 3.26. The molecule has 1 aliphatic carbocycles. The molecule has 5 nitrogen and oxygen atoms in total. The van der Waals surface area contributed by atoms with Crippen molar-refractivity contribution in [1.82, 2.24) is 9.47 Å². The Morgan fingerprint density at radius 3 is 2.89 bits per heavy atom. The Morgan fingerprint density at radius 1 is 1.53 bits per heavy atom. The van der Waals surface area contributed by atoms with E-state index in [-0.39, 0.29) is 17.0 Å². The number of rotatable bonds is 6. The van der Waals surface area contributed by atoms with E-state index in [1.54, 1.807) is 37.4 Å². The van der Waals surface area contributed by atoms with Gasteiger partial charge in [-0.2, -0.15) is 0 Å². The molecule has 0 atom stereocenters. The van der Waals surface area contributed by atoms with Crippen LogP contribution in [0.1, 0.15) is 23.2 Å². The van der Waals surface area contributed by atoms with Crippen LogP contribution in [-0.2, 0) is 11.8 Å². The summed E-state index contributed by atoms with van der Waals surface area (Å²) in [6.45, 7) is 1.75. The Bertz CT molecular complexity index is 506. The summed E-state index contributed by atoms with van der Waals surface area (Å²) in [5.74, 6) is 0.401. The van der Waals surface area contributed by atoms with Gasteiger partial charge in [-0.3, -0.25) is 9.59 Å². The number of ether oxygens (including phenoxy) is 1. The first-order valence-electron chi connectivity index (χ1n) is 6.57. The Morgan fingerprint density at radius 2 is 2.26 bits per heavy atom. The van der Waals surface area contributed by atoms with E-state index >= 15 is 0 Å². The Kier molecular flexibility index (Phi) is 4.37. The van der Waals surface area contributed by atoms with Crippen molar-refractivity contribution in [2.45, 2.75) is 12.8 Å². The zero-order valence-corrected chi connectivity index (χ0v) is 11.5. The summed E-state index contributed by atoms with van der Waals surface area (Å²) in [6, 6.07) is 3.32. The fraction of sp³-hybridized carbons (Fsp3) is 0.571. The first-order chi connectivity index (χ1) is 9.13. The van der Waals surface area contributed by atoms with Crippen molar-refractivity contribution in [3.63, 3.8) is 0 Å². The topological polar surface area (TPSA) is 51.5 Å². The van der Waals surface area contributed by atoms with Crippen LogP contribution in [0.15, 0.2) is 23.1 Å². The fourth-order valence-electron chi connectivity index (χ4n) is 2.02. The lowest BCUT2D eigenvalue weighted by Crippen LogP contribution is -2.39. The monoisotopic (exact) mass is 264 g/mol. The number of nitrogens with zero attached hydrogens (tertiary/aromatic N) is 2. The van der Waals surface area contributed by atoms with Gasteiger partial charge in [0.05, 0.1) is 6.61 Å². The van der Waals surface area contributed by atoms with E-state index in [1.165, 1.54) is 17.4 Å². The molecule has 0 spiro atoms. The molecule has 19 heavy (non-hydrogen) atoms. The number of pyridine rings is 1. The van der Waals surface area contributed by atoms with Crippen LogP contribution < -0.4 is 5.56 Å². The van der Waals surface area contributed by atoms with Gasteiger partial charge in [-0.25, -0.2) is 0 Å². The maximum absolute atomic E-state index is 12.4. The van der Waals surface area contributed by atoms with Crippen molar-refractivity contribution in [3.8, 4) is 0 Å². The molecule has 1 saturated carbocycles. The maximum atomic E-state index is 12.4. The molecule has 104 valence electrons. The first kappa shape index (κ1) is 13.8. The van der Waals surface area contributed by atoms with Crippen LogP contribution in [0, 0.1) is 5.92 Å². The molecule has 0 radical (unpaired) electrons. The lowest BCUT2D eigenvalue weighted by molar-refractivity contribution is 0.0684. The molecule has 0 bridgehead atoms. The molecule has 1 aromatic heterocycles. The molecule has 1 aliphatic rings. The normalized spacial score (nSPS) is 14.4. The van der Waals surface area contributed by atoms with E-state index in [0.717, 1.165) is 6.54 Å². The SMILES string of the molecule is COCCN(CC1CC1)C(=O)c1cccn(C)c1=O. The molecule has 5 heteroatoms. The second-order valence-corrected chi connectivity index (χ2v) is 5.03. The van der Waals surface area contributed by atoms with Gasteiger partial charge in [-0.05, 0) is 30.9 Å². The molecule has 0 saturated heterocycles. The largest absolute Gasteiger partial charge is 0.383 e. The van der Waals surface area contributed by atoms with Gasteiger partial charge in [0.1, 0.15) is 5.56 Å². The highest BCUT2D eigenvalue weighted by Crippen LogP contribution is 2.29. The number of amides is 1. The number of carbonyl (C=O) groups excluding carboxylic acids is 1. The maximum Gasteiger partial charge on any atom is 0.263 e. The minimum Gasteiger partial charge on any atom is -0.383 e. The summed E-state index contributed by atoms with van der Waals surface area (Å²) < 4.78 is 6.47. The quantitative estimate of drug-likeness (QED) is 0.766. The Labute approximate surface area is 112 Å². The van der Waals surface area contributed by atoms with E-state index in [4.69, 9.17) is 4.74 Å². The molecule has 0 aliphatic heterocycles. The molecule has 1 amide bonds. The van der Waals surface area contributed by atoms with Crippen LogP contribution in [0.25, 0.3) is 0 Å². The average Bonchev–Trinajstić information content (AvgIpc) is 3.21. The van der Waals surface area contributed by atoms with Gasteiger partial charge in [0.15, 0.2) is 0 Å². The zero-order chi connectivity index (χ0) is 13.8. The smallest absolute Gasteiger partial charge is 0.263 e. The molecular formula is C14H20N2O3. The van der Waals surface area contributed by atoms with E-state index in [2.05, 4.69) is 0 Å². The van der Waals surface area contributed by atoms with E-state index in [0.29, 0.717) is 19.1 Å². The molecule has 1 fully saturated rings. The molecule has 0 aromatic carbocycles. The second kappa shape index (κ2) is 6.02. The highest BCUT2D eigenvalue weighted by molar-refractivity contribution is 5.93. The number of aryl methyl sites for hydroxylation is 1. The number of carbonyl (C=O) groups is 1. The molecule has 1 aromatic rings. The van der Waals surface area contributed by atoms with Crippen LogP contribution in [-0.4, -0.2) is 42.2 Å². The van der Waals surface area contributed by atoms with Gasteiger partial charge in [-0.1, -0.05) is 0 Å². The highest BCUT2D eigenvalue weighted by atomic mass is 16.5. The minimum atomic E-state index is -0.245. The predicted molar refractivity (Wildman–Crippen MR) is 72.2 cm³/mol. The van der Waals surface area contributed by atoms with Crippen LogP contribution in [0.5, 0.6) is 0 Å². The third kappa shape index (κ3) is 3.44. The van der Waals surface area contributed by atoms with Gasteiger partial charge in [-0.15, -0.1) is 0 Å². The van der Waals surface area contributed by atoms with Crippen molar-refractivity contribution < 1.29 is 9.53 Å². The van der Waals surface area contributed by atoms with Gasteiger partial charge in [0.25, 0.3) is 11.5 Å². The third-order valence-corrected chi connectivity index (χ3v) is 3.38. The van der Waals surface area contributed by atoms with Gasteiger partial charge in [0, 0.05) is 33.4 Å². The molecule has 0 N–H and O–H groups in total.